The van der Waals surface area contributed by atoms with E-state index in [1.807, 2.05) is 101 Å². The van der Waals surface area contributed by atoms with Gasteiger partial charge in [0.05, 0.1) is 23.8 Å². The zero-order chi connectivity index (χ0) is 61.0. The summed E-state index contributed by atoms with van der Waals surface area (Å²) in [5.41, 5.74) is 9.93. The van der Waals surface area contributed by atoms with Gasteiger partial charge in [-0.2, -0.15) is 18.4 Å². The van der Waals surface area contributed by atoms with E-state index in [4.69, 9.17) is 11.8 Å². The molecule has 0 aliphatic rings. The first-order valence-corrected chi connectivity index (χ1v) is 27.2. The van der Waals surface area contributed by atoms with Crippen LogP contribution < -0.4 is 0 Å². The van der Waals surface area contributed by atoms with Crippen LogP contribution in [0.1, 0.15) is 219 Å². The molecule has 0 fully saturated rings. The van der Waals surface area contributed by atoms with E-state index in [-0.39, 0.29) is 29.4 Å². The lowest BCUT2D eigenvalue weighted by Crippen LogP contribution is -2.06. The Bertz CT molecular complexity index is 2920. The van der Waals surface area contributed by atoms with Gasteiger partial charge in [-0.1, -0.05) is 202 Å². The average Bonchev–Trinajstić information content (AvgIpc) is 3.39. The van der Waals surface area contributed by atoms with Gasteiger partial charge in [0.2, 0.25) is 0 Å². The summed E-state index contributed by atoms with van der Waals surface area (Å²) >= 11 is 0. The second kappa shape index (κ2) is 35.5. The standard InChI is InChI=1S/C12H18.C10H10F4.C10H13F.2C10H11N.C9H10F2.C9H11F/c1-9(2)11-7-5-6-8-12(11)10(3)4;1-6(2)7-3-8(10(12,13)14)5-9(11)4-7;1-7(2)10-5-4-9(11)6-8(10)3;1-8(2)9-6-4-5-7-10(9)11-3;1-8(2)10-5-3-4-9(6-10)7-11;1-6(2)8-4-3-7(10)5-9(8)11;1-7(2)8-5-3-4-6-9(8)10/h5-10H,1-4H3;3-6H,1-2H3;4-7H,1-3H3;4-8H,1-2H3;3-6,8H,1-2H3;3-6H,1-2H3;3-7H,1-2H3. The molecule has 7 rings (SSSR count). The summed E-state index contributed by atoms with van der Waals surface area (Å²) in [5, 5.41) is 8.59. The Labute approximate surface area is 474 Å². The molecular weight excluding hydrogens is 1020 g/mol. The molecule has 0 heterocycles. The van der Waals surface area contributed by atoms with Gasteiger partial charge in [-0.15, -0.1) is 0 Å². The Hall–Kier alpha value is -7.04. The number of alkyl halides is 3. The lowest BCUT2D eigenvalue weighted by Gasteiger charge is -2.14. The molecule has 0 spiro atoms. The summed E-state index contributed by atoms with van der Waals surface area (Å²) in [5.74, 6) is 0.912. The molecule has 0 unspecified atom stereocenters. The number of nitriles is 1. The van der Waals surface area contributed by atoms with Gasteiger partial charge in [0.1, 0.15) is 29.1 Å². The van der Waals surface area contributed by atoms with Crippen molar-refractivity contribution in [2.45, 2.75) is 171 Å². The van der Waals surface area contributed by atoms with Crippen molar-refractivity contribution in [2.24, 2.45) is 0 Å². The number of hydrogen-bond donors (Lipinski definition) is 0. The molecule has 0 saturated heterocycles. The fourth-order valence-electron chi connectivity index (χ4n) is 7.92. The number of rotatable bonds is 8. The minimum absolute atomic E-state index is 0.0995. The molecule has 0 saturated carbocycles. The molecule has 7 aromatic carbocycles. The van der Waals surface area contributed by atoms with Crippen LogP contribution in [-0.2, 0) is 6.18 Å². The average molecular weight is 1110 g/mol. The van der Waals surface area contributed by atoms with Crippen LogP contribution in [0, 0.1) is 53.9 Å². The van der Waals surface area contributed by atoms with Crippen molar-refractivity contribution in [3.63, 3.8) is 0 Å². The molecule has 0 aliphatic heterocycles. The highest BCUT2D eigenvalue weighted by Gasteiger charge is 2.31. The number of halogens is 8. The summed E-state index contributed by atoms with van der Waals surface area (Å²) < 4.78 is 100. The fraction of sp³-hybridized carbons (Fsp3) is 0.371. The van der Waals surface area contributed by atoms with E-state index >= 15 is 0 Å². The lowest BCUT2D eigenvalue weighted by atomic mass is 9.91. The predicted octanol–water partition coefficient (Wildman–Crippen LogP) is 23.2. The Morgan fingerprint density at radius 2 is 0.812 bits per heavy atom. The smallest absolute Gasteiger partial charge is 0.238 e. The van der Waals surface area contributed by atoms with Gasteiger partial charge in [0.15, 0.2) is 5.69 Å². The SMILES string of the molecule is CC(C)c1cc(F)cc(C(F)(F)F)c1.CC(C)c1ccc(F)cc1F.CC(C)c1cccc(C#N)c1.CC(C)c1ccccc1C(C)C.CC(C)c1ccccc1F.Cc1cc(F)ccc1C(C)C.[C-]#[N+]c1ccccc1C(C)C. The van der Waals surface area contributed by atoms with E-state index in [1.165, 1.54) is 46.5 Å². The van der Waals surface area contributed by atoms with E-state index in [0.29, 0.717) is 46.8 Å². The van der Waals surface area contributed by atoms with Crippen LogP contribution in [0.3, 0.4) is 0 Å². The quantitative estimate of drug-likeness (QED) is 0.110. The summed E-state index contributed by atoms with van der Waals surface area (Å²) in [6.07, 6.45) is -4.48. The molecule has 0 atom stereocenters. The van der Waals surface area contributed by atoms with E-state index in [9.17, 15) is 35.1 Å². The molecule has 10 heteroatoms. The number of para-hydroxylation sites is 1. The molecule has 0 N–H and O–H groups in total. The molecule has 80 heavy (non-hydrogen) atoms. The van der Waals surface area contributed by atoms with Crippen molar-refractivity contribution in [1.82, 2.24) is 0 Å². The Kier molecular flexibility index (Phi) is 31.5. The highest BCUT2D eigenvalue weighted by atomic mass is 19.4. The van der Waals surface area contributed by atoms with Crippen molar-refractivity contribution in [3.05, 3.63) is 253 Å². The molecular formula is C70H84F8N2. The van der Waals surface area contributed by atoms with Crippen molar-refractivity contribution in [1.29, 1.82) is 5.26 Å². The minimum atomic E-state index is -4.48. The van der Waals surface area contributed by atoms with Crippen LogP contribution >= 0.6 is 0 Å². The second-order valence-corrected chi connectivity index (χ2v) is 21.7. The number of aryl methyl sites for hydroxylation is 1. The minimum Gasteiger partial charge on any atom is -0.238 e. The number of benzene rings is 7. The summed E-state index contributed by atoms with van der Waals surface area (Å²) in [7, 11) is 0. The zero-order valence-corrected chi connectivity index (χ0v) is 50.0. The van der Waals surface area contributed by atoms with Crippen LogP contribution in [0.25, 0.3) is 4.85 Å². The van der Waals surface area contributed by atoms with Gasteiger partial charge in [-0.05, 0) is 159 Å². The predicted molar refractivity (Wildman–Crippen MR) is 318 cm³/mol. The third kappa shape index (κ3) is 25.8. The summed E-state index contributed by atoms with van der Waals surface area (Å²) in [4.78, 5) is 3.44. The maximum atomic E-state index is 12.9. The van der Waals surface area contributed by atoms with Gasteiger partial charge < -0.3 is 0 Å². The highest BCUT2D eigenvalue weighted by molar-refractivity contribution is 5.53. The van der Waals surface area contributed by atoms with E-state index in [2.05, 4.69) is 104 Å². The number of nitrogens with zero attached hydrogens (tertiary/aromatic N) is 2. The molecule has 2 nitrogen and oxygen atoms in total. The summed E-state index contributed by atoms with van der Waals surface area (Å²) in [6, 6.07) is 44.4. The largest absolute Gasteiger partial charge is 0.416 e. The lowest BCUT2D eigenvalue weighted by molar-refractivity contribution is -0.137. The van der Waals surface area contributed by atoms with Gasteiger partial charge in [-0.25, -0.2) is 26.8 Å². The molecule has 0 radical (unpaired) electrons. The third-order valence-electron chi connectivity index (χ3n) is 12.5. The topological polar surface area (TPSA) is 28.1 Å². The van der Waals surface area contributed by atoms with Crippen molar-refractivity contribution in [3.8, 4) is 6.07 Å². The highest BCUT2D eigenvalue weighted by Crippen LogP contribution is 2.32. The first-order chi connectivity index (χ1) is 37.4. The van der Waals surface area contributed by atoms with Gasteiger partial charge in [0.25, 0.3) is 0 Å². The number of hydrogen-bond acceptors (Lipinski definition) is 1. The molecule has 7 aromatic rings. The van der Waals surface area contributed by atoms with Gasteiger partial charge in [0, 0.05) is 6.07 Å². The van der Waals surface area contributed by atoms with Gasteiger partial charge >= 0.3 is 6.18 Å². The molecule has 0 amide bonds. The molecule has 0 aliphatic carbocycles. The van der Waals surface area contributed by atoms with Gasteiger partial charge in [-0.3, -0.25) is 0 Å². The molecule has 0 bridgehead atoms. The first-order valence-electron chi connectivity index (χ1n) is 27.2. The normalized spacial score (nSPS) is 10.7. The summed E-state index contributed by atoms with van der Waals surface area (Å²) in [6.45, 7) is 41.7. The van der Waals surface area contributed by atoms with Crippen molar-refractivity contribution in [2.75, 3.05) is 0 Å². The third-order valence-corrected chi connectivity index (χ3v) is 12.5. The molecule has 430 valence electrons. The molecule has 0 aromatic heterocycles. The van der Waals surface area contributed by atoms with Crippen LogP contribution in [0.2, 0.25) is 0 Å². The second-order valence-electron chi connectivity index (χ2n) is 21.7. The fourth-order valence-corrected chi connectivity index (χ4v) is 7.92. The maximum Gasteiger partial charge on any atom is 0.416 e. The van der Waals surface area contributed by atoms with E-state index in [1.54, 1.807) is 26.0 Å². The van der Waals surface area contributed by atoms with E-state index < -0.39 is 29.2 Å². The first kappa shape index (κ1) is 71.0. The van der Waals surface area contributed by atoms with Crippen molar-refractivity contribution >= 4 is 5.69 Å². The van der Waals surface area contributed by atoms with Crippen LogP contribution in [0.4, 0.5) is 40.8 Å². The Balaban J connectivity index is 0.000000468. The Morgan fingerprint density at radius 1 is 0.388 bits per heavy atom. The zero-order valence-electron chi connectivity index (χ0n) is 50.0. The van der Waals surface area contributed by atoms with Crippen molar-refractivity contribution < 1.29 is 35.1 Å². The van der Waals surface area contributed by atoms with Crippen LogP contribution in [-0.4, -0.2) is 0 Å². The maximum absolute atomic E-state index is 12.9. The van der Waals surface area contributed by atoms with E-state index in [0.717, 1.165) is 46.1 Å². The monoisotopic (exact) mass is 1100 g/mol. The van der Waals surface area contributed by atoms with Crippen LogP contribution in [0.15, 0.2) is 152 Å². The Morgan fingerprint density at radius 3 is 1.20 bits per heavy atom. The van der Waals surface area contributed by atoms with Crippen LogP contribution in [0.5, 0.6) is 0 Å².